The van der Waals surface area contributed by atoms with E-state index in [4.69, 9.17) is 9.47 Å². The van der Waals surface area contributed by atoms with Crippen molar-refractivity contribution in [2.24, 2.45) is 0 Å². The van der Waals surface area contributed by atoms with Crippen LogP contribution in [0.1, 0.15) is 32.4 Å². The van der Waals surface area contributed by atoms with E-state index in [-0.39, 0.29) is 12.1 Å². The maximum atomic E-state index is 5.52. The third kappa shape index (κ3) is 4.02. The summed E-state index contributed by atoms with van der Waals surface area (Å²) in [5, 5.41) is 3.44. The normalized spacial score (nSPS) is 14.4. The fourth-order valence-corrected chi connectivity index (χ4v) is 1.88. The van der Waals surface area contributed by atoms with Gasteiger partial charge in [-0.2, -0.15) is 0 Å². The smallest absolute Gasteiger partial charge is 0.119 e. The number of nitrogens with one attached hydrogen (secondary N) is 1. The topological polar surface area (TPSA) is 30.5 Å². The predicted molar refractivity (Wildman–Crippen MR) is 70.5 cm³/mol. The summed E-state index contributed by atoms with van der Waals surface area (Å²) in [7, 11) is 1.74. The molecule has 0 aliphatic rings. The number of methoxy groups -OCH3 is 1. The highest BCUT2D eigenvalue weighted by Gasteiger charge is 2.18. The van der Waals surface area contributed by atoms with Gasteiger partial charge in [-0.25, -0.2) is 0 Å². The molecule has 1 aromatic carbocycles. The quantitative estimate of drug-likeness (QED) is 0.791. The minimum absolute atomic E-state index is 0.131. The highest BCUT2D eigenvalue weighted by Crippen LogP contribution is 2.23. The van der Waals surface area contributed by atoms with Gasteiger partial charge in [-0.1, -0.05) is 19.1 Å². The van der Waals surface area contributed by atoms with Gasteiger partial charge in [0.2, 0.25) is 0 Å². The van der Waals surface area contributed by atoms with E-state index in [1.807, 2.05) is 19.1 Å². The monoisotopic (exact) mass is 237 g/mol. The van der Waals surface area contributed by atoms with Crippen LogP contribution < -0.4 is 10.1 Å². The van der Waals surface area contributed by atoms with Gasteiger partial charge in [0.05, 0.1) is 18.8 Å². The second-order valence-corrected chi connectivity index (χ2v) is 3.98. The molecular weight excluding hydrogens is 214 g/mol. The van der Waals surface area contributed by atoms with Crippen LogP contribution in [0.15, 0.2) is 24.3 Å². The summed E-state index contributed by atoms with van der Waals surface area (Å²) in [6.07, 6.45) is 0.131. The summed E-state index contributed by atoms with van der Waals surface area (Å²) in [4.78, 5) is 0. The van der Waals surface area contributed by atoms with Gasteiger partial charge in [0, 0.05) is 7.11 Å². The third-order valence-corrected chi connectivity index (χ3v) is 2.79. The summed E-state index contributed by atoms with van der Waals surface area (Å²) >= 11 is 0. The van der Waals surface area contributed by atoms with Gasteiger partial charge in [0.1, 0.15) is 5.75 Å². The van der Waals surface area contributed by atoms with E-state index in [0.29, 0.717) is 6.61 Å². The van der Waals surface area contributed by atoms with Crippen molar-refractivity contribution in [3.05, 3.63) is 29.8 Å². The van der Waals surface area contributed by atoms with E-state index in [2.05, 4.69) is 31.3 Å². The van der Waals surface area contributed by atoms with Crippen LogP contribution in [0.4, 0.5) is 0 Å². The van der Waals surface area contributed by atoms with E-state index >= 15 is 0 Å². The number of benzene rings is 1. The van der Waals surface area contributed by atoms with Crippen LogP contribution >= 0.6 is 0 Å². The van der Waals surface area contributed by atoms with Gasteiger partial charge in [0.15, 0.2) is 0 Å². The SMILES string of the molecule is CCNC(c1cccc(OCC)c1)C(C)OC. The van der Waals surface area contributed by atoms with Gasteiger partial charge >= 0.3 is 0 Å². The van der Waals surface area contributed by atoms with Gasteiger partial charge in [-0.3, -0.25) is 0 Å². The minimum atomic E-state index is 0.131. The molecule has 0 aliphatic carbocycles. The fraction of sp³-hybridized carbons (Fsp3) is 0.571. The van der Waals surface area contributed by atoms with Crippen molar-refractivity contribution in [1.29, 1.82) is 0 Å². The molecule has 0 aromatic heterocycles. The second-order valence-electron chi connectivity index (χ2n) is 3.98. The number of rotatable bonds is 7. The average Bonchev–Trinajstić information content (AvgIpc) is 2.36. The Bertz CT molecular complexity index is 328. The Morgan fingerprint density at radius 3 is 2.65 bits per heavy atom. The number of ether oxygens (including phenoxy) is 2. The zero-order valence-corrected chi connectivity index (χ0v) is 11.2. The van der Waals surface area contributed by atoms with Crippen molar-refractivity contribution in [3.63, 3.8) is 0 Å². The molecular formula is C14H23NO2. The fourth-order valence-electron chi connectivity index (χ4n) is 1.88. The molecule has 3 heteroatoms. The van der Waals surface area contributed by atoms with Gasteiger partial charge in [-0.15, -0.1) is 0 Å². The molecule has 0 bridgehead atoms. The first-order valence-electron chi connectivity index (χ1n) is 6.21. The lowest BCUT2D eigenvalue weighted by Gasteiger charge is -2.24. The minimum Gasteiger partial charge on any atom is -0.494 e. The molecule has 17 heavy (non-hydrogen) atoms. The van der Waals surface area contributed by atoms with Crippen molar-refractivity contribution in [2.75, 3.05) is 20.3 Å². The lowest BCUT2D eigenvalue weighted by atomic mass is 10.0. The third-order valence-electron chi connectivity index (χ3n) is 2.79. The van der Waals surface area contributed by atoms with E-state index in [1.54, 1.807) is 7.11 Å². The molecule has 2 atom stereocenters. The molecule has 1 rings (SSSR count). The molecule has 1 aromatic rings. The molecule has 0 aliphatic heterocycles. The molecule has 0 amide bonds. The summed E-state index contributed by atoms with van der Waals surface area (Å²) in [6.45, 7) is 7.76. The standard InChI is InChI=1S/C14H23NO2/c1-5-15-14(11(3)16-4)12-8-7-9-13(10-12)17-6-2/h7-11,14-15H,5-6H2,1-4H3. The molecule has 0 radical (unpaired) electrons. The average molecular weight is 237 g/mol. The highest BCUT2D eigenvalue weighted by atomic mass is 16.5. The Labute approximate surface area is 104 Å². The maximum absolute atomic E-state index is 5.52. The molecule has 0 fully saturated rings. The number of hydrogen-bond acceptors (Lipinski definition) is 3. The van der Waals surface area contributed by atoms with Crippen LogP contribution in [0.5, 0.6) is 5.75 Å². The number of hydrogen-bond donors (Lipinski definition) is 1. The second kappa shape index (κ2) is 7.30. The van der Waals surface area contributed by atoms with Crippen molar-refractivity contribution in [1.82, 2.24) is 5.32 Å². The molecule has 0 spiro atoms. The molecule has 1 N–H and O–H groups in total. The first-order chi connectivity index (χ1) is 8.22. The zero-order valence-electron chi connectivity index (χ0n) is 11.2. The van der Waals surface area contributed by atoms with Crippen molar-refractivity contribution in [2.45, 2.75) is 32.9 Å². The lowest BCUT2D eigenvalue weighted by molar-refractivity contribution is 0.0835. The molecule has 0 saturated heterocycles. The first kappa shape index (κ1) is 14.0. The van der Waals surface area contributed by atoms with Crippen LogP contribution in [0.3, 0.4) is 0 Å². The molecule has 0 saturated carbocycles. The molecule has 2 unspecified atom stereocenters. The zero-order chi connectivity index (χ0) is 12.7. The molecule has 96 valence electrons. The van der Waals surface area contributed by atoms with E-state index in [9.17, 15) is 0 Å². The Kier molecular flexibility index (Phi) is 6.01. The molecule has 0 heterocycles. The summed E-state index contributed by atoms with van der Waals surface area (Å²) in [5.41, 5.74) is 1.20. The predicted octanol–water partition coefficient (Wildman–Crippen LogP) is 2.77. The van der Waals surface area contributed by atoms with Crippen molar-refractivity contribution in [3.8, 4) is 5.75 Å². The maximum Gasteiger partial charge on any atom is 0.119 e. The largest absolute Gasteiger partial charge is 0.494 e. The Morgan fingerprint density at radius 2 is 2.06 bits per heavy atom. The van der Waals surface area contributed by atoms with Gasteiger partial charge < -0.3 is 14.8 Å². The van der Waals surface area contributed by atoms with E-state index < -0.39 is 0 Å². The van der Waals surface area contributed by atoms with E-state index in [1.165, 1.54) is 5.56 Å². The van der Waals surface area contributed by atoms with Crippen molar-refractivity contribution < 1.29 is 9.47 Å². The lowest BCUT2D eigenvalue weighted by Crippen LogP contribution is -2.31. The highest BCUT2D eigenvalue weighted by molar-refractivity contribution is 5.31. The van der Waals surface area contributed by atoms with Crippen LogP contribution in [-0.4, -0.2) is 26.4 Å². The van der Waals surface area contributed by atoms with E-state index in [0.717, 1.165) is 12.3 Å². The van der Waals surface area contributed by atoms with Crippen LogP contribution in [0, 0.1) is 0 Å². The van der Waals surface area contributed by atoms with Crippen LogP contribution in [0.25, 0.3) is 0 Å². The Balaban J connectivity index is 2.88. The summed E-state index contributed by atoms with van der Waals surface area (Å²) < 4.78 is 10.9. The molecule has 3 nitrogen and oxygen atoms in total. The van der Waals surface area contributed by atoms with Crippen molar-refractivity contribution >= 4 is 0 Å². The Hall–Kier alpha value is -1.06. The summed E-state index contributed by atoms with van der Waals surface area (Å²) in [6, 6.07) is 8.38. The van der Waals surface area contributed by atoms with Gasteiger partial charge in [-0.05, 0) is 38.1 Å². The van der Waals surface area contributed by atoms with Crippen LogP contribution in [0.2, 0.25) is 0 Å². The first-order valence-corrected chi connectivity index (χ1v) is 6.21. The summed E-state index contributed by atoms with van der Waals surface area (Å²) in [5.74, 6) is 0.913. The van der Waals surface area contributed by atoms with Gasteiger partial charge in [0.25, 0.3) is 0 Å². The number of likely N-dealkylation sites (N-methyl/N-ethyl adjacent to an activating group) is 1. The Morgan fingerprint density at radius 1 is 1.29 bits per heavy atom. The van der Waals surface area contributed by atoms with Crippen LogP contribution in [-0.2, 0) is 4.74 Å².